The Kier molecular flexibility index (Phi) is 7.43. The number of amides is 1. The maximum absolute atomic E-state index is 12.2. The van der Waals surface area contributed by atoms with Crippen LogP contribution in [0.3, 0.4) is 0 Å². The van der Waals surface area contributed by atoms with Crippen LogP contribution in [0.15, 0.2) is 54.6 Å². The van der Waals surface area contributed by atoms with E-state index in [4.69, 9.17) is 0 Å². The van der Waals surface area contributed by atoms with Crippen molar-refractivity contribution in [1.29, 1.82) is 0 Å². The lowest BCUT2D eigenvalue weighted by atomic mass is 10.1. The third kappa shape index (κ3) is 6.81. The van der Waals surface area contributed by atoms with Crippen LogP contribution in [0.25, 0.3) is 0 Å². The van der Waals surface area contributed by atoms with Crippen LogP contribution in [0.1, 0.15) is 24.0 Å². The van der Waals surface area contributed by atoms with E-state index in [1.807, 2.05) is 31.2 Å². The zero-order valence-electron chi connectivity index (χ0n) is 16.4. The SMILES string of the molecule is Cc1cccc(NC(=O)CCN2CCN(CCCc3ccccc3)CC2)c1. The van der Waals surface area contributed by atoms with Gasteiger partial charge < -0.3 is 15.1 Å². The summed E-state index contributed by atoms with van der Waals surface area (Å²) >= 11 is 0. The van der Waals surface area contributed by atoms with Gasteiger partial charge in [0.25, 0.3) is 0 Å². The van der Waals surface area contributed by atoms with Crippen molar-refractivity contribution >= 4 is 11.6 Å². The molecule has 0 bridgehead atoms. The molecule has 144 valence electrons. The molecule has 0 radical (unpaired) electrons. The number of hydrogen-bond acceptors (Lipinski definition) is 3. The van der Waals surface area contributed by atoms with E-state index in [-0.39, 0.29) is 5.91 Å². The largest absolute Gasteiger partial charge is 0.326 e. The molecule has 2 aromatic rings. The Balaban J connectivity index is 1.29. The average Bonchev–Trinajstić information content (AvgIpc) is 2.68. The van der Waals surface area contributed by atoms with Crippen LogP contribution in [-0.2, 0) is 11.2 Å². The Hall–Kier alpha value is -2.17. The fraction of sp³-hybridized carbons (Fsp3) is 0.435. The first-order valence-corrected chi connectivity index (χ1v) is 10.0. The summed E-state index contributed by atoms with van der Waals surface area (Å²) in [7, 11) is 0. The maximum atomic E-state index is 12.2. The van der Waals surface area contributed by atoms with E-state index in [1.54, 1.807) is 0 Å². The van der Waals surface area contributed by atoms with Gasteiger partial charge in [-0.25, -0.2) is 0 Å². The lowest BCUT2D eigenvalue weighted by molar-refractivity contribution is -0.116. The van der Waals surface area contributed by atoms with Crippen molar-refractivity contribution in [3.05, 3.63) is 65.7 Å². The number of carbonyl (C=O) groups excluding carboxylic acids is 1. The number of rotatable bonds is 8. The van der Waals surface area contributed by atoms with Crippen LogP contribution in [-0.4, -0.2) is 55.0 Å². The van der Waals surface area contributed by atoms with E-state index >= 15 is 0 Å². The van der Waals surface area contributed by atoms with Gasteiger partial charge in [-0.15, -0.1) is 0 Å². The van der Waals surface area contributed by atoms with Crippen LogP contribution in [0, 0.1) is 6.92 Å². The van der Waals surface area contributed by atoms with Gasteiger partial charge in [0.15, 0.2) is 0 Å². The number of benzene rings is 2. The topological polar surface area (TPSA) is 35.6 Å². The van der Waals surface area contributed by atoms with E-state index in [9.17, 15) is 4.79 Å². The Bertz CT molecular complexity index is 709. The second-order valence-electron chi connectivity index (χ2n) is 7.44. The van der Waals surface area contributed by atoms with Crippen molar-refractivity contribution in [3.8, 4) is 0 Å². The number of aryl methyl sites for hydroxylation is 2. The van der Waals surface area contributed by atoms with Crippen LogP contribution in [0.4, 0.5) is 5.69 Å². The number of nitrogens with one attached hydrogen (secondary N) is 1. The lowest BCUT2D eigenvalue weighted by Gasteiger charge is -2.34. The van der Waals surface area contributed by atoms with Crippen molar-refractivity contribution in [1.82, 2.24) is 9.80 Å². The number of anilines is 1. The number of nitrogens with zero attached hydrogens (tertiary/aromatic N) is 2. The van der Waals surface area contributed by atoms with Gasteiger partial charge in [0.05, 0.1) is 0 Å². The molecule has 1 N–H and O–H groups in total. The van der Waals surface area contributed by atoms with Gasteiger partial charge in [0.2, 0.25) is 5.91 Å². The minimum Gasteiger partial charge on any atom is -0.326 e. The van der Waals surface area contributed by atoms with Crippen molar-refractivity contribution in [2.75, 3.05) is 44.6 Å². The Labute approximate surface area is 163 Å². The Morgan fingerprint density at radius 2 is 1.63 bits per heavy atom. The predicted molar refractivity (Wildman–Crippen MR) is 112 cm³/mol. The third-order valence-corrected chi connectivity index (χ3v) is 5.20. The van der Waals surface area contributed by atoms with Gasteiger partial charge in [-0.1, -0.05) is 42.5 Å². The summed E-state index contributed by atoms with van der Waals surface area (Å²) < 4.78 is 0. The molecular weight excluding hydrogens is 334 g/mol. The standard InChI is InChI=1S/C23H31N3O/c1-20-7-5-11-22(19-20)24-23(27)12-14-26-17-15-25(16-18-26)13-6-10-21-8-3-2-4-9-21/h2-5,7-9,11,19H,6,10,12-18H2,1H3,(H,24,27). The Morgan fingerprint density at radius 3 is 2.33 bits per heavy atom. The van der Waals surface area contributed by atoms with E-state index in [0.717, 1.165) is 56.9 Å². The highest BCUT2D eigenvalue weighted by Gasteiger charge is 2.17. The van der Waals surface area contributed by atoms with Gasteiger partial charge in [-0.3, -0.25) is 4.79 Å². The molecule has 1 fully saturated rings. The molecule has 3 rings (SSSR count). The molecule has 0 atom stereocenters. The molecule has 1 amide bonds. The first-order valence-electron chi connectivity index (χ1n) is 10.0. The summed E-state index contributed by atoms with van der Waals surface area (Å²) in [5.74, 6) is 0.103. The minimum absolute atomic E-state index is 0.103. The monoisotopic (exact) mass is 365 g/mol. The molecule has 0 spiro atoms. The summed E-state index contributed by atoms with van der Waals surface area (Å²) in [4.78, 5) is 17.1. The second kappa shape index (κ2) is 10.2. The van der Waals surface area contributed by atoms with Crippen LogP contribution >= 0.6 is 0 Å². The molecule has 1 saturated heterocycles. The van der Waals surface area contributed by atoms with Gasteiger partial charge in [0, 0.05) is 44.8 Å². The summed E-state index contributed by atoms with van der Waals surface area (Å²) in [6.07, 6.45) is 2.92. The highest BCUT2D eigenvalue weighted by atomic mass is 16.1. The summed E-state index contributed by atoms with van der Waals surface area (Å²) in [6.45, 7) is 8.37. The third-order valence-electron chi connectivity index (χ3n) is 5.20. The van der Waals surface area contributed by atoms with Crippen LogP contribution in [0.5, 0.6) is 0 Å². The number of hydrogen-bond donors (Lipinski definition) is 1. The molecule has 1 aliphatic heterocycles. The van der Waals surface area contributed by atoms with Crippen molar-refractivity contribution in [2.24, 2.45) is 0 Å². The smallest absolute Gasteiger partial charge is 0.225 e. The Morgan fingerprint density at radius 1 is 0.926 bits per heavy atom. The first kappa shape index (κ1) is 19.6. The minimum atomic E-state index is 0.103. The van der Waals surface area contributed by atoms with Crippen molar-refractivity contribution < 1.29 is 4.79 Å². The molecule has 27 heavy (non-hydrogen) atoms. The normalized spacial score (nSPS) is 15.6. The second-order valence-corrected chi connectivity index (χ2v) is 7.44. The zero-order chi connectivity index (χ0) is 18.9. The summed E-state index contributed by atoms with van der Waals surface area (Å²) in [6, 6.07) is 18.7. The highest BCUT2D eigenvalue weighted by molar-refractivity contribution is 5.90. The van der Waals surface area contributed by atoms with Crippen LogP contribution < -0.4 is 5.32 Å². The van der Waals surface area contributed by atoms with E-state index in [1.165, 1.54) is 12.0 Å². The van der Waals surface area contributed by atoms with E-state index in [0.29, 0.717) is 6.42 Å². The first-order chi connectivity index (χ1) is 13.2. The van der Waals surface area contributed by atoms with E-state index in [2.05, 4.69) is 45.4 Å². The van der Waals surface area contributed by atoms with Gasteiger partial charge in [0.1, 0.15) is 0 Å². The molecule has 0 unspecified atom stereocenters. The number of piperazine rings is 1. The van der Waals surface area contributed by atoms with E-state index < -0.39 is 0 Å². The molecule has 0 aliphatic carbocycles. The zero-order valence-corrected chi connectivity index (χ0v) is 16.4. The quantitative estimate of drug-likeness (QED) is 0.777. The van der Waals surface area contributed by atoms with Crippen molar-refractivity contribution in [2.45, 2.75) is 26.2 Å². The molecule has 0 aromatic heterocycles. The van der Waals surface area contributed by atoms with Crippen molar-refractivity contribution in [3.63, 3.8) is 0 Å². The molecule has 2 aromatic carbocycles. The maximum Gasteiger partial charge on any atom is 0.225 e. The van der Waals surface area contributed by atoms with Crippen LogP contribution in [0.2, 0.25) is 0 Å². The number of carbonyl (C=O) groups is 1. The van der Waals surface area contributed by atoms with Gasteiger partial charge in [-0.05, 0) is 49.6 Å². The fourth-order valence-corrected chi connectivity index (χ4v) is 3.59. The molecule has 1 aliphatic rings. The molecule has 0 saturated carbocycles. The molecular formula is C23H31N3O. The molecule has 1 heterocycles. The van der Waals surface area contributed by atoms with Gasteiger partial charge >= 0.3 is 0 Å². The molecule has 4 nitrogen and oxygen atoms in total. The van der Waals surface area contributed by atoms with Gasteiger partial charge in [-0.2, -0.15) is 0 Å². The lowest BCUT2D eigenvalue weighted by Crippen LogP contribution is -2.47. The summed E-state index contributed by atoms with van der Waals surface area (Å²) in [5.41, 5.74) is 3.48. The summed E-state index contributed by atoms with van der Waals surface area (Å²) in [5, 5.41) is 3.00. The average molecular weight is 366 g/mol. The highest BCUT2D eigenvalue weighted by Crippen LogP contribution is 2.11. The molecule has 4 heteroatoms. The predicted octanol–water partition coefficient (Wildman–Crippen LogP) is 3.57. The fourth-order valence-electron chi connectivity index (χ4n) is 3.59.